The molecule has 112 valence electrons. The molecule has 0 bridgehead atoms. The molecule has 2 unspecified atom stereocenters. The molecule has 1 aliphatic rings. The van der Waals surface area contributed by atoms with Gasteiger partial charge in [0.2, 0.25) is 0 Å². The highest BCUT2D eigenvalue weighted by atomic mass is 127. The molecular formula is C12H14ClF2IN2O2. The summed E-state index contributed by atoms with van der Waals surface area (Å²) in [7, 11) is 0. The van der Waals surface area contributed by atoms with Crippen molar-refractivity contribution < 1.29 is 18.7 Å². The quantitative estimate of drug-likeness (QED) is 0.512. The molecule has 1 heterocycles. The van der Waals surface area contributed by atoms with Gasteiger partial charge in [-0.2, -0.15) is 0 Å². The number of hydrogen-bond acceptors (Lipinski definition) is 3. The van der Waals surface area contributed by atoms with Gasteiger partial charge in [0, 0.05) is 29.1 Å². The monoisotopic (exact) mass is 418 g/mol. The SMILES string of the molecule is Cl.O=C(NCC1CNCC1O)c1cc(F)c(F)cc1I. The van der Waals surface area contributed by atoms with Crippen molar-refractivity contribution in [3.63, 3.8) is 0 Å². The van der Waals surface area contributed by atoms with Gasteiger partial charge in [0.25, 0.3) is 5.91 Å². The van der Waals surface area contributed by atoms with E-state index in [1.165, 1.54) is 0 Å². The van der Waals surface area contributed by atoms with Crippen molar-refractivity contribution in [1.29, 1.82) is 0 Å². The van der Waals surface area contributed by atoms with E-state index in [9.17, 15) is 18.7 Å². The molecule has 1 fully saturated rings. The first-order valence-electron chi connectivity index (χ1n) is 5.80. The maximum Gasteiger partial charge on any atom is 0.252 e. The second-order valence-electron chi connectivity index (χ2n) is 4.44. The second kappa shape index (κ2) is 7.48. The first-order chi connectivity index (χ1) is 8.99. The van der Waals surface area contributed by atoms with Crippen LogP contribution < -0.4 is 10.6 Å². The molecule has 0 saturated carbocycles. The number of aliphatic hydroxyl groups is 1. The average Bonchev–Trinajstić information content (AvgIpc) is 2.76. The van der Waals surface area contributed by atoms with E-state index >= 15 is 0 Å². The van der Waals surface area contributed by atoms with E-state index in [0.717, 1.165) is 12.1 Å². The molecule has 0 aromatic heterocycles. The molecule has 3 N–H and O–H groups in total. The minimum atomic E-state index is -1.05. The first kappa shape index (κ1) is 17.5. The molecule has 2 atom stereocenters. The van der Waals surface area contributed by atoms with Crippen LogP contribution in [0.15, 0.2) is 12.1 Å². The lowest BCUT2D eigenvalue weighted by Crippen LogP contribution is -2.34. The van der Waals surface area contributed by atoms with Crippen LogP contribution in [0.1, 0.15) is 10.4 Å². The number of carbonyl (C=O) groups is 1. The molecule has 1 aromatic carbocycles. The molecule has 20 heavy (non-hydrogen) atoms. The Balaban J connectivity index is 0.00000200. The minimum Gasteiger partial charge on any atom is -0.391 e. The molecular weight excluding hydrogens is 404 g/mol. The van der Waals surface area contributed by atoms with E-state index in [4.69, 9.17) is 0 Å². The first-order valence-corrected chi connectivity index (χ1v) is 6.88. The molecule has 1 saturated heterocycles. The van der Waals surface area contributed by atoms with E-state index in [2.05, 4.69) is 10.6 Å². The number of aliphatic hydroxyl groups excluding tert-OH is 1. The highest BCUT2D eigenvalue weighted by Gasteiger charge is 2.25. The lowest BCUT2D eigenvalue weighted by atomic mass is 10.1. The van der Waals surface area contributed by atoms with Gasteiger partial charge in [0.15, 0.2) is 11.6 Å². The highest BCUT2D eigenvalue weighted by molar-refractivity contribution is 14.1. The van der Waals surface area contributed by atoms with Gasteiger partial charge >= 0.3 is 0 Å². The number of rotatable bonds is 3. The van der Waals surface area contributed by atoms with Crippen LogP contribution in [0.3, 0.4) is 0 Å². The Morgan fingerprint density at radius 2 is 2.05 bits per heavy atom. The van der Waals surface area contributed by atoms with Gasteiger partial charge < -0.3 is 15.7 Å². The zero-order valence-electron chi connectivity index (χ0n) is 10.3. The lowest BCUT2D eigenvalue weighted by Gasteiger charge is -2.14. The predicted molar refractivity (Wildman–Crippen MR) is 81.0 cm³/mol. The lowest BCUT2D eigenvalue weighted by molar-refractivity contribution is 0.0925. The summed E-state index contributed by atoms with van der Waals surface area (Å²) in [6.45, 7) is 1.42. The Labute approximate surface area is 134 Å². The Hall–Kier alpha value is -0.510. The minimum absolute atomic E-state index is 0. The van der Waals surface area contributed by atoms with Gasteiger partial charge in [-0.25, -0.2) is 8.78 Å². The number of benzene rings is 1. The van der Waals surface area contributed by atoms with E-state index < -0.39 is 23.6 Å². The Morgan fingerprint density at radius 1 is 1.40 bits per heavy atom. The van der Waals surface area contributed by atoms with E-state index in [0.29, 0.717) is 23.2 Å². The standard InChI is InChI=1S/C12H13F2IN2O2.ClH/c13-8-1-7(10(15)2-9(8)14)12(19)17-4-6-3-16-5-11(6)18;/h1-2,6,11,16,18H,3-5H2,(H,17,19);1H. The van der Waals surface area contributed by atoms with E-state index in [1.807, 2.05) is 0 Å². The fourth-order valence-electron chi connectivity index (χ4n) is 1.94. The topological polar surface area (TPSA) is 61.4 Å². The summed E-state index contributed by atoms with van der Waals surface area (Å²) >= 11 is 1.78. The van der Waals surface area contributed by atoms with Crippen molar-refractivity contribution in [2.45, 2.75) is 6.10 Å². The largest absolute Gasteiger partial charge is 0.391 e. The molecule has 1 aromatic rings. The molecule has 8 heteroatoms. The summed E-state index contributed by atoms with van der Waals surface area (Å²) < 4.78 is 26.4. The molecule has 4 nitrogen and oxygen atoms in total. The number of hydrogen-bond donors (Lipinski definition) is 3. The van der Waals surface area contributed by atoms with Crippen molar-refractivity contribution in [2.75, 3.05) is 19.6 Å². The predicted octanol–water partition coefficient (Wildman–Crippen LogP) is 1.30. The van der Waals surface area contributed by atoms with Crippen LogP contribution in [0.5, 0.6) is 0 Å². The van der Waals surface area contributed by atoms with Gasteiger partial charge in [-0.3, -0.25) is 4.79 Å². The summed E-state index contributed by atoms with van der Waals surface area (Å²) in [5, 5.41) is 15.2. The van der Waals surface area contributed by atoms with Crippen molar-refractivity contribution in [3.05, 3.63) is 32.9 Å². The van der Waals surface area contributed by atoms with Crippen molar-refractivity contribution in [1.82, 2.24) is 10.6 Å². The number of halogens is 4. The van der Waals surface area contributed by atoms with Gasteiger partial charge in [-0.1, -0.05) is 0 Å². The average molecular weight is 419 g/mol. The Kier molecular flexibility index (Phi) is 6.56. The zero-order valence-corrected chi connectivity index (χ0v) is 13.3. The highest BCUT2D eigenvalue weighted by Crippen LogP contribution is 2.17. The maximum atomic E-state index is 13.1. The molecule has 1 aliphatic heterocycles. The third-order valence-corrected chi connectivity index (χ3v) is 3.98. The Bertz CT molecular complexity index is 505. The molecule has 0 radical (unpaired) electrons. The molecule has 1 amide bonds. The van der Waals surface area contributed by atoms with Crippen LogP contribution in [-0.2, 0) is 0 Å². The maximum absolute atomic E-state index is 13.1. The smallest absolute Gasteiger partial charge is 0.252 e. The van der Waals surface area contributed by atoms with Crippen LogP contribution in [0, 0.1) is 21.1 Å². The van der Waals surface area contributed by atoms with Crippen LogP contribution in [0.25, 0.3) is 0 Å². The summed E-state index contributed by atoms with van der Waals surface area (Å²) in [6, 6.07) is 1.87. The number of β-amino-alcohol motifs (C(OH)–C–C–N with tert-alkyl or cyclic N) is 1. The summed E-state index contributed by atoms with van der Waals surface area (Å²) in [4.78, 5) is 11.9. The molecule has 0 spiro atoms. The Morgan fingerprint density at radius 3 is 2.65 bits per heavy atom. The van der Waals surface area contributed by atoms with Crippen molar-refractivity contribution >= 4 is 40.9 Å². The van der Waals surface area contributed by atoms with Gasteiger partial charge in [-0.15, -0.1) is 12.4 Å². The normalized spacial score (nSPS) is 21.4. The molecule has 0 aliphatic carbocycles. The van der Waals surface area contributed by atoms with Crippen LogP contribution >= 0.6 is 35.0 Å². The van der Waals surface area contributed by atoms with Crippen LogP contribution in [0.2, 0.25) is 0 Å². The van der Waals surface area contributed by atoms with Gasteiger partial charge in [0.05, 0.1) is 11.7 Å². The summed E-state index contributed by atoms with van der Waals surface area (Å²) in [6.07, 6.45) is -0.496. The van der Waals surface area contributed by atoms with E-state index in [-0.39, 0.29) is 23.9 Å². The van der Waals surface area contributed by atoms with Crippen molar-refractivity contribution in [3.8, 4) is 0 Å². The third-order valence-electron chi connectivity index (χ3n) is 3.08. The number of amides is 1. The van der Waals surface area contributed by atoms with E-state index in [1.54, 1.807) is 22.6 Å². The van der Waals surface area contributed by atoms with Gasteiger partial charge in [0.1, 0.15) is 0 Å². The fourth-order valence-corrected chi connectivity index (χ4v) is 2.62. The zero-order chi connectivity index (χ0) is 14.0. The summed E-state index contributed by atoms with van der Waals surface area (Å²) in [5.41, 5.74) is 0.0972. The van der Waals surface area contributed by atoms with Crippen LogP contribution in [-0.4, -0.2) is 36.8 Å². The fraction of sp³-hybridized carbons (Fsp3) is 0.417. The van der Waals surface area contributed by atoms with Gasteiger partial charge in [-0.05, 0) is 34.7 Å². The van der Waals surface area contributed by atoms with Crippen LogP contribution in [0.4, 0.5) is 8.78 Å². The number of carbonyl (C=O) groups excluding carboxylic acids is 1. The molecule has 2 rings (SSSR count). The van der Waals surface area contributed by atoms with Crippen molar-refractivity contribution in [2.24, 2.45) is 5.92 Å². The second-order valence-corrected chi connectivity index (χ2v) is 5.60. The third kappa shape index (κ3) is 4.00. The summed E-state index contributed by atoms with van der Waals surface area (Å²) in [5.74, 6) is -2.56. The number of nitrogens with one attached hydrogen (secondary N) is 2.